The molecule has 0 aliphatic heterocycles. The van der Waals surface area contributed by atoms with Gasteiger partial charge in [-0.3, -0.25) is 0 Å². The van der Waals surface area contributed by atoms with E-state index in [1.807, 2.05) is 0 Å². The second kappa shape index (κ2) is 8.69. The van der Waals surface area contributed by atoms with Crippen LogP contribution in [-0.4, -0.2) is 26.8 Å². The number of aryl methyl sites for hydroxylation is 1. The van der Waals surface area contributed by atoms with Gasteiger partial charge in [0.1, 0.15) is 0 Å². The van der Waals surface area contributed by atoms with E-state index in [1.165, 1.54) is 42.5 Å². The zero-order chi connectivity index (χ0) is 16.7. The van der Waals surface area contributed by atoms with Gasteiger partial charge in [-0.05, 0) is 69.6 Å². The maximum atomic E-state index is 11.6. The maximum Gasteiger partial charge on any atom is 0.213 e. The first kappa shape index (κ1) is 18.3. The number of hydrogen-bond donors (Lipinski definition) is 2. The highest BCUT2D eigenvalue weighted by molar-refractivity contribution is 7.90. The van der Waals surface area contributed by atoms with Gasteiger partial charge < -0.3 is 5.32 Å². The molecule has 0 saturated heterocycles. The molecule has 1 aromatic carbocycles. The normalized spacial score (nSPS) is 14.7. The average molecular weight is 339 g/mol. The standard InChI is InChI=1S/C18H30N2O2S/c1-15(2)23(21,22)20-14-7-3-6-13-19-18-12-8-10-16-9-4-5-11-17(16)18/h8,10,12,15,19-20H,3-7,9,11,13-14H2,1-2H3. The van der Waals surface area contributed by atoms with Crippen LogP contribution in [0.15, 0.2) is 18.2 Å². The van der Waals surface area contributed by atoms with E-state index < -0.39 is 10.0 Å². The summed E-state index contributed by atoms with van der Waals surface area (Å²) in [4.78, 5) is 0. The van der Waals surface area contributed by atoms with Crippen molar-refractivity contribution in [3.05, 3.63) is 29.3 Å². The molecule has 0 radical (unpaired) electrons. The summed E-state index contributed by atoms with van der Waals surface area (Å²) < 4.78 is 25.9. The van der Waals surface area contributed by atoms with Gasteiger partial charge in [0.05, 0.1) is 5.25 Å². The molecule has 2 rings (SSSR count). The minimum Gasteiger partial charge on any atom is -0.385 e. The van der Waals surface area contributed by atoms with Crippen LogP contribution in [0, 0.1) is 0 Å². The van der Waals surface area contributed by atoms with Crippen LogP contribution in [0.3, 0.4) is 0 Å². The van der Waals surface area contributed by atoms with Crippen molar-refractivity contribution in [2.24, 2.45) is 0 Å². The molecular formula is C18H30N2O2S. The van der Waals surface area contributed by atoms with Gasteiger partial charge in [0.15, 0.2) is 0 Å². The largest absolute Gasteiger partial charge is 0.385 e. The first-order chi connectivity index (χ1) is 11.0. The van der Waals surface area contributed by atoms with E-state index in [4.69, 9.17) is 0 Å². The van der Waals surface area contributed by atoms with Gasteiger partial charge >= 0.3 is 0 Å². The Kier molecular flexibility index (Phi) is 6.90. The summed E-state index contributed by atoms with van der Waals surface area (Å²) in [6.45, 7) is 4.90. The van der Waals surface area contributed by atoms with Crippen molar-refractivity contribution in [2.75, 3.05) is 18.4 Å². The molecule has 130 valence electrons. The Labute approximate surface area is 141 Å². The first-order valence-electron chi connectivity index (χ1n) is 8.84. The minimum absolute atomic E-state index is 0.353. The SMILES string of the molecule is CC(C)S(=O)(=O)NCCCCCNc1cccc2c1CCCC2. The smallest absolute Gasteiger partial charge is 0.213 e. The zero-order valence-corrected chi connectivity index (χ0v) is 15.2. The van der Waals surface area contributed by atoms with Crippen LogP contribution < -0.4 is 10.0 Å². The van der Waals surface area contributed by atoms with Crippen molar-refractivity contribution in [3.8, 4) is 0 Å². The van der Waals surface area contributed by atoms with Gasteiger partial charge in [0.2, 0.25) is 10.0 Å². The first-order valence-corrected chi connectivity index (χ1v) is 10.4. The van der Waals surface area contributed by atoms with Gasteiger partial charge in [-0.15, -0.1) is 0 Å². The summed E-state index contributed by atoms with van der Waals surface area (Å²) in [5, 5.41) is 3.21. The lowest BCUT2D eigenvalue weighted by Gasteiger charge is -2.20. The lowest BCUT2D eigenvalue weighted by Crippen LogP contribution is -2.31. The molecule has 0 aromatic heterocycles. The fourth-order valence-electron chi connectivity index (χ4n) is 2.98. The van der Waals surface area contributed by atoms with Crippen molar-refractivity contribution in [1.29, 1.82) is 0 Å². The highest BCUT2D eigenvalue weighted by Crippen LogP contribution is 2.27. The van der Waals surface area contributed by atoms with Gasteiger partial charge in [-0.1, -0.05) is 18.6 Å². The fourth-order valence-corrected chi connectivity index (χ4v) is 3.74. The molecule has 1 aromatic rings. The van der Waals surface area contributed by atoms with Crippen molar-refractivity contribution in [3.63, 3.8) is 0 Å². The molecule has 1 aliphatic rings. The van der Waals surface area contributed by atoms with Gasteiger partial charge in [-0.2, -0.15) is 0 Å². The number of benzene rings is 1. The van der Waals surface area contributed by atoms with Crippen LogP contribution >= 0.6 is 0 Å². The van der Waals surface area contributed by atoms with Crippen LogP contribution in [0.2, 0.25) is 0 Å². The molecule has 4 nitrogen and oxygen atoms in total. The van der Waals surface area contributed by atoms with E-state index in [1.54, 1.807) is 13.8 Å². The third-order valence-corrected chi connectivity index (χ3v) is 6.34. The Balaban J connectivity index is 1.65. The van der Waals surface area contributed by atoms with Gasteiger partial charge in [0, 0.05) is 18.8 Å². The molecule has 0 amide bonds. The Hall–Kier alpha value is -1.07. The Morgan fingerprint density at radius 1 is 1.04 bits per heavy atom. The molecule has 23 heavy (non-hydrogen) atoms. The minimum atomic E-state index is -3.11. The number of rotatable bonds is 9. The highest BCUT2D eigenvalue weighted by atomic mass is 32.2. The molecule has 5 heteroatoms. The van der Waals surface area contributed by atoms with E-state index in [2.05, 4.69) is 28.2 Å². The predicted molar refractivity (Wildman–Crippen MR) is 97.5 cm³/mol. The van der Waals surface area contributed by atoms with Crippen molar-refractivity contribution >= 4 is 15.7 Å². The third kappa shape index (κ3) is 5.50. The van der Waals surface area contributed by atoms with Crippen LogP contribution in [0.5, 0.6) is 0 Å². The summed E-state index contributed by atoms with van der Waals surface area (Å²) in [5.74, 6) is 0. The van der Waals surface area contributed by atoms with E-state index in [-0.39, 0.29) is 5.25 Å². The zero-order valence-electron chi connectivity index (χ0n) is 14.4. The topological polar surface area (TPSA) is 58.2 Å². The molecule has 0 bridgehead atoms. The van der Waals surface area contributed by atoms with E-state index in [9.17, 15) is 8.42 Å². The Morgan fingerprint density at radius 3 is 2.57 bits per heavy atom. The van der Waals surface area contributed by atoms with E-state index in [0.717, 1.165) is 25.8 Å². The molecule has 0 atom stereocenters. The van der Waals surface area contributed by atoms with E-state index in [0.29, 0.717) is 6.54 Å². The summed E-state index contributed by atoms with van der Waals surface area (Å²) in [5.41, 5.74) is 4.30. The summed E-state index contributed by atoms with van der Waals surface area (Å²) >= 11 is 0. The molecule has 0 fully saturated rings. The lowest BCUT2D eigenvalue weighted by atomic mass is 9.90. The molecule has 0 heterocycles. The maximum absolute atomic E-state index is 11.6. The number of unbranched alkanes of at least 4 members (excludes halogenated alkanes) is 2. The molecule has 0 spiro atoms. The molecule has 0 saturated carbocycles. The summed E-state index contributed by atoms with van der Waals surface area (Å²) in [6.07, 6.45) is 7.98. The number of nitrogens with one attached hydrogen (secondary N) is 2. The second-order valence-corrected chi connectivity index (χ2v) is 8.95. The van der Waals surface area contributed by atoms with Crippen molar-refractivity contribution in [1.82, 2.24) is 4.72 Å². The van der Waals surface area contributed by atoms with Crippen molar-refractivity contribution < 1.29 is 8.42 Å². The van der Waals surface area contributed by atoms with Gasteiger partial charge in [0.25, 0.3) is 0 Å². The third-order valence-electron chi connectivity index (χ3n) is 4.49. The van der Waals surface area contributed by atoms with Crippen LogP contribution in [0.4, 0.5) is 5.69 Å². The lowest BCUT2D eigenvalue weighted by molar-refractivity contribution is 0.566. The van der Waals surface area contributed by atoms with Crippen molar-refractivity contribution in [2.45, 2.75) is 64.0 Å². The quantitative estimate of drug-likeness (QED) is 0.678. The molecular weight excluding hydrogens is 308 g/mol. The second-order valence-electron chi connectivity index (χ2n) is 6.63. The number of fused-ring (bicyclic) bond motifs is 1. The average Bonchev–Trinajstić information content (AvgIpc) is 2.54. The fraction of sp³-hybridized carbons (Fsp3) is 0.667. The van der Waals surface area contributed by atoms with Crippen LogP contribution in [0.1, 0.15) is 57.1 Å². The molecule has 1 aliphatic carbocycles. The van der Waals surface area contributed by atoms with Gasteiger partial charge in [-0.25, -0.2) is 13.1 Å². The molecule has 0 unspecified atom stereocenters. The Bertz CT molecular complexity index is 597. The highest BCUT2D eigenvalue weighted by Gasteiger charge is 2.14. The summed E-state index contributed by atoms with van der Waals surface area (Å²) in [6, 6.07) is 6.58. The number of sulfonamides is 1. The number of hydrogen-bond acceptors (Lipinski definition) is 3. The monoisotopic (exact) mass is 338 g/mol. The Morgan fingerprint density at radius 2 is 1.78 bits per heavy atom. The summed E-state index contributed by atoms with van der Waals surface area (Å²) in [7, 11) is -3.11. The van der Waals surface area contributed by atoms with Crippen LogP contribution in [-0.2, 0) is 22.9 Å². The predicted octanol–water partition coefficient (Wildman–Crippen LogP) is 3.48. The van der Waals surface area contributed by atoms with E-state index >= 15 is 0 Å². The number of anilines is 1. The van der Waals surface area contributed by atoms with Crippen LogP contribution in [0.25, 0.3) is 0 Å². The molecule has 2 N–H and O–H groups in total.